The molecule has 3 N–H and O–H groups in total. The number of rotatable bonds is 5. The van der Waals surface area contributed by atoms with Crippen molar-refractivity contribution in [3.05, 3.63) is 38.3 Å². The van der Waals surface area contributed by atoms with Crippen molar-refractivity contribution in [2.24, 2.45) is 29.6 Å². The fourth-order valence-corrected chi connectivity index (χ4v) is 9.63. The molecule has 1 saturated heterocycles. The van der Waals surface area contributed by atoms with Crippen LogP contribution in [-0.4, -0.2) is 56.3 Å². The molecule has 34 heavy (non-hydrogen) atoms. The average Bonchev–Trinajstić information content (AvgIpc) is 3.51. The number of nitrogens with one attached hydrogen (secondary N) is 1. The maximum absolute atomic E-state index is 13.2. The summed E-state index contributed by atoms with van der Waals surface area (Å²) in [7, 11) is 0. The number of H-pyrrole nitrogens is 1. The first-order chi connectivity index (χ1) is 16.3. The number of carbonyl (C=O) groups excluding carboxylic acids is 2. The van der Waals surface area contributed by atoms with Gasteiger partial charge in [0.1, 0.15) is 6.54 Å². The van der Waals surface area contributed by atoms with Gasteiger partial charge in [0.2, 0.25) is 11.8 Å². The number of imide groups is 1. The predicted octanol–water partition coefficient (Wildman–Crippen LogP) is 2.10. The van der Waals surface area contributed by atoms with Crippen LogP contribution >= 0.6 is 23.1 Å². The Balaban J connectivity index is 1.45. The smallest absolute Gasteiger partial charge is 0.323 e. The van der Waals surface area contributed by atoms with E-state index in [1.54, 1.807) is 23.9 Å². The molecule has 6 rings (SSSR count). The van der Waals surface area contributed by atoms with E-state index >= 15 is 0 Å². The summed E-state index contributed by atoms with van der Waals surface area (Å²) in [6.07, 6.45) is 0.724. The van der Waals surface area contributed by atoms with Gasteiger partial charge in [0.05, 0.1) is 23.5 Å². The average molecular weight is 503 g/mol. The van der Waals surface area contributed by atoms with Gasteiger partial charge in [-0.1, -0.05) is 17.4 Å². The number of phenolic OH excluding ortho intramolecular Hbond substituents is 1. The Morgan fingerprint density at radius 1 is 1.21 bits per heavy atom. The molecule has 4 aliphatic rings. The summed E-state index contributed by atoms with van der Waals surface area (Å²) in [6.45, 7) is 1.61. The van der Waals surface area contributed by atoms with Gasteiger partial charge < -0.3 is 19.9 Å². The highest BCUT2D eigenvalue weighted by Crippen LogP contribution is 2.68. The molecular weight excluding hydrogens is 480 g/mol. The van der Waals surface area contributed by atoms with Crippen molar-refractivity contribution in [3.63, 3.8) is 0 Å². The van der Waals surface area contributed by atoms with Crippen molar-refractivity contribution in [2.45, 2.75) is 29.5 Å². The van der Waals surface area contributed by atoms with E-state index in [0.29, 0.717) is 12.4 Å². The number of carbonyl (C=O) groups is 3. The maximum Gasteiger partial charge on any atom is 0.323 e. The van der Waals surface area contributed by atoms with Crippen LogP contribution < -0.4 is 9.61 Å². The molecule has 2 amide bonds. The highest BCUT2D eigenvalue weighted by atomic mass is 32.2. The van der Waals surface area contributed by atoms with Crippen LogP contribution in [0.25, 0.3) is 0 Å². The third-order valence-electron chi connectivity index (χ3n) is 7.75. The number of hydrogen-bond donors (Lipinski definition) is 3. The van der Waals surface area contributed by atoms with E-state index in [0.717, 1.165) is 38.1 Å². The van der Waals surface area contributed by atoms with Crippen LogP contribution in [0.1, 0.15) is 29.7 Å². The molecule has 2 saturated carbocycles. The van der Waals surface area contributed by atoms with Crippen molar-refractivity contribution in [3.8, 4) is 11.5 Å². The van der Waals surface area contributed by atoms with Crippen molar-refractivity contribution in [1.29, 1.82) is 0 Å². The fourth-order valence-electron chi connectivity index (χ4n) is 6.74. The molecule has 2 aromatic rings. The van der Waals surface area contributed by atoms with Gasteiger partial charge in [0, 0.05) is 16.0 Å². The molecule has 7 atom stereocenters. The highest BCUT2D eigenvalue weighted by molar-refractivity contribution is 8.00. The molecule has 2 bridgehead atoms. The number of phenols is 1. The van der Waals surface area contributed by atoms with Crippen LogP contribution in [0.4, 0.5) is 0 Å². The number of ether oxygens (including phenoxy) is 1. The molecule has 1 aromatic carbocycles. The van der Waals surface area contributed by atoms with E-state index in [9.17, 15) is 29.4 Å². The molecule has 3 fully saturated rings. The van der Waals surface area contributed by atoms with Crippen LogP contribution in [0.5, 0.6) is 11.5 Å². The number of amides is 2. The number of aromatic hydroxyl groups is 1. The molecule has 1 aromatic heterocycles. The molecular formula is C23H22N2O7S2. The first-order valence-electron chi connectivity index (χ1n) is 11.2. The Morgan fingerprint density at radius 2 is 1.94 bits per heavy atom. The Morgan fingerprint density at radius 3 is 2.65 bits per heavy atom. The number of thioether (sulfide) groups is 1. The highest BCUT2D eigenvalue weighted by Gasteiger charge is 2.69. The van der Waals surface area contributed by atoms with Gasteiger partial charge in [-0.3, -0.25) is 24.1 Å². The minimum Gasteiger partial charge on any atom is -0.504 e. The number of carboxylic acid groups (broad SMARTS) is 1. The van der Waals surface area contributed by atoms with Crippen LogP contribution in [-0.2, 0) is 14.4 Å². The lowest BCUT2D eigenvalue weighted by molar-refractivity contribution is -0.149. The lowest BCUT2D eigenvalue weighted by atomic mass is 9.68. The molecule has 2 aliphatic carbocycles. The Kier molecular flexibility index (Phi) is 4.86. The maximum atomic E-state index is 13.2. The molecule has 2 aliphatic heterocycles. The summed E-state index contributed by atoms with van der Waals surface area (Å²) in [6, 6.07) is 5.21. The number of fused-ring (bicyclic) bond motifs is 9. The van der Waals surface area contributed by atoms with E-state index in [1.165, 1.54) is 0 Å². The second-order valence-corrected chi connectivity index (χ2v) is 11.5. The topological polar surface area (TPSA) is 137 Å². The zero-order valence-electron chi connectivity index (χ0n) is 18.1. The van der Waals surface area contributed by atoms with Crippen LogP contribution in [0.2, 0.25) is 0 Å². The molecule has 0 unspecified atom stereocenters. The number of benzene rings is 1. The molecule has 178 valence electrons. The third-order valence-corrected chi connectivity index (χ3v) is 10.3. The number of carboxylic acids is 1. The minimum atomic E-state index is -1.20. The Bertz CT molecular complexity index is 1290. The molecule has 3 heterocycles. The Hall–Kier alpha value is -2.79. The van der Waals surface area contributed by atoms with Crippen LogP contribution in [0.15, 0.2) is 28.0 Å². The second kappa shape index (κ2) is 7.61. The lowest BCUT2D eigenvalue weighted by Crippen LogP contribution is -2.42. The largest absolute Gasteiger partial charge is 0.504 e. The van der Waals surface area contributed by atoms with Crippen molar-refractivity contribution >= 4 is 40.9 Å². The molecule has 11 heteroatoms. The van der Waals surface area contributed by atoms with Gasteiger partial charge in [-0.2, -0.15) is 0 Å². The number of hydrogen-bond acceptors (Lipinski definition) is 8. The quantitative estimate of drug-likeness (QED) is 0.529. The Labute approximate surface area is 202 Å². The van der Waals surface area contributed by atoms with E-state index in [-0.39, 0.29) is 51.4 Å². The van der Waals surface area contributed by atoms with E-state index in [2.05, 4.69) is 4.98 Å². The normalized spacial score (nSPS) is 33.1. The molecule has 0 radical (unpaired) electrons. The minimum absolute atomic E-state index is 0.00394. The lowest BCUT2D eigenvalue weighted by Gasteiger charge is -2.43. The van der Waals surface area contributed by atoms with Gasteiger partial charge in [-0.25, -0.2) is 0 Å². The summed E-state index contributed by atoms with van der Waals surface area (Å²) < 4.78 is 5.60. The number of nitrogens with zero attached hydrogens (tertiary/aromatic N) is 1. The van der Waals surface area contributed by atoms with Gasteiger partial charge in [0.15, 0.2) is 11.5 Å². The van der Waals surface area contributed by atoms with E-state index in [4.69, 9.17) is 4.74 Å². The summed E-state index contributed by atoms with van der Waals surface area (Å²) in [5.74, 6) is -2.97. The number of aromatic nitrogens is 1. The standard InChI is InChI=1S/C23H22N2O7S2/c1-2-32-12-5-8(3-4-11(12)26)14-15-9-6-10(18(15)33-20-19(14)34-23(31)24-20)17-16(9)21(29)25(22(17)30)7-13(27)28/h3-5,9-10,14-18,26H,2,6-7H2,1H3,(H,24,31)(H,27,28)/t9-,10+,14+,15-,16+,17+,18-/m0/s1. The number of aliphatic carboxylic acids is 1. The van der Waals surface area contributed by atoms with E-state index < -0.39 is 24.3 Å². The first kappa shape index (κ1) is 21.7. The van der Waals surface area contributed by atoms with Crippen molar-refractivity contribution in [1.82, 2.24) is 9.88 Å². The SMILES string of the molecule is CCOc1cc([C@H]2c3sc(=O)[nH]c3S[C@H]3[C@@H]4C[C@H]([C@H]5C(=O)N(CC(=O)O)C(=O)[C@H]45)[C@@H]23)ccc1O. The second-order valence-electron chi connectivity index (χ2n) is 9.28. The number of aromatic amines is 1. The van der Waals surface area contributed by atoms with Gasteiger partial charge in [0.25, 0.3) is 0 Å². The summed E-state index contributed by atoms with van der Waals surface area (Å²) in [5, 5.41) is 20.2. The summed E-state index contributed by atoms with van der Waals surface area (Å²) >= 11 is 2.72. The van der Waals surface area contributed by atoms with Gasteiger partial charge in [-0.15, -0.1) is 11.8 Å². The van der Waals surface area contributed by atoms with Crippen LogP contribution in [0, 0.1) is 29.6 Å². The number of likely N-dealkylation sites (tertiary alicyclic amines) is 1. The molecule has 9 nitrogen and oxygen atoms in total. The zero-order chi connectivity index (χ0) is 23.9. The van der Waals surface area contributed by atoms with Gasteiger partial charge in [-0.05, 0) is 48.8 Å². The number of thiazole rings is 1. The van der Waals surface area contributed by atoms with Crippen LogP contribution in [0.3, 0.4) is 0 Å². The third kappa shape index (κ3) is 2.92. The summed E-state index contributed by atoms with van der Waals surface area (Å²) in [5.41, 5.74) is 0.885. The monoisotopic (exact) mass is 502 g/mol. The van der Waals surface area contributed by atoms with Crippen molar-refractivity contribution < 1.29 is 29.3 Å². The fraction of sp³-hybridized carbons (Fsp3) is 0.478. The molecule has 0 spiro atoms. The van der Waals surface area contributed by atoms with Gasteiger partial charge >= 0.3 is 10.8 Å². The first-order valence-corrected chi connectivity index (χ1v) is 12.9. The van der Waals surface area contributed by atoms with E-state index in [1.807, 2.05) is 13.0 Å². The van der Waals surface area contributed by atoms with Crippen molar-refractivity contribution in [2.75, 3.05) is 13.2 Å². The summed E-state index contributed by atoms with van der Waals surface area (Å²) in [4.78, 5) is 54.5. The zero-order valence-corrected chi connectivity index (χ0v) is 19.7. The predicted molar refractivity (Wildman–Crippen MR) is 122 cm³/mol.